The van der Waals surface area contributed by atoms with Crippen LogP contribution in [0.15, 0.2) is 55.6 Å². The van der Waals surface area contributed by atoms with Gasteiger partial charge in [-0.15, -0.1) is 13.2 Å². The highest BCUT2D eigenvalue weighted by atomic mass is 79.9. The van der Waals surface area contributed by atoms with Crippen molar-refractivity contribution >= 4 is 39.6 Å². The van der Waals surface area contributed by atoms with Gasteiger partial charge in [0.15, 0.2) is 0 Å². The van der Waals surface area contributed by atoms with Crippen LogP contribution in [0.5, 0.6) is 0 Å². The summed E-state index contributed by atoms with van der Waals surface area (Å²) in [5.41, 5.74) is -1.47. The number of nitrogens with one attached hydrogen (secondary N) is 1. The van der Waals surface area contributed by atoms with Crippen LogP contribution in [0.4, 0.5) is 0 Å². The molecule has 1 aromatic rings. The number of allylic oxidation sites excluding steroid dienone is 1. The molecule has 0 aromatic heterocycles. The first-order valence-corrected chi connectivity index (χ1v) is 19.2. The second-order valence-electron chi connectivity index (χ2n) is 16.2. The van der Waals surface area contributed by atoms with Crippen LogP contribution in [-0.4, -0.2) is 106 Å². The van der Waals surface area contributed by atoms with Gasteiger partial charge >= 0.3 is 5.97 Å². The number of nitrogens with zero attached hydrogens (tertiary/aromatic N) is 2. The molecule has 4 rings (SSSR count). The van der Waals surface area contributed by atoms with Gasteiger partial charge in [-0.1, -0.05) is 86.1 Å². The van der Waals surface area contributed by atoms with Crippen molar-refractivity contribution in [2.24, 2.45) is 17.3 Å². The number of hydrogen-bond acceptors (Lipinski definition) is 8. The summed E-state index contributed by atoms with van der Waals surface area (Å²) in [7, 11) is 1.50. The van der Waals surface area contributed by atoms with E-state index in [9.17, 15) is 19.5 Å². The molecular weight excluding hydrogens is 730 g/mol. The fourth-order valence-electron chi connectivity index (χ4n) is 8.85. The number of amides is 3. The Morgan fingerprint density at radius 3 is 2.40 bits per heavy atom. The molecule has 0 aliphatic carbocycles. The fraction of sp³-hybridized carbons (Fsp3) is 0.650. The van der Waals surface area contributed by atoms with Crippen molar-refractivity contribution in [3.63, 3.8) is 0 Å². The molecule has 1 unspecified atom stereocenters. The van der Waals surface area contributed by atoms with Crippen LogP contribution in [0, 0.1) is 17.3 Å². The summed E-state index contributed by atoms with van der Waals surface area (Å²) in [6.45, 7) is 19.8. The molecule has 0 saturated carbocycles. The van der Waals surface area contributed by atoms with Gasteiger partial charge in [0.2, 0.25) is 17.7 Å². The van der Waals surface area contributed by atoms with E-state index in [1.54, 1.807) is 29.2 Å². The minimum absolute atomic E-state index is 0.0488. The van der Waals surface area contributed by atoms with Gasteiger partial charge < -0.3 is 34.4 Å². The molecule has 3 aliphatic rings. The number of fused-ring (bicyclic) bond motifs is 1. The Labute approximate surface area is 317 Å². The number of likely N-dealkylation sites (tertiary alicyclic amines) is 1. The molecule has 11 nitrogen and oxygen atoms in total. The van der Waals surface area contributed by atoms with Gasteiger partial charge in [0.1, 0.15) is 17.7 Å². The van der Waals surface area contributed by atoms with Gasteiger partial charge in [0.25, 0.3) is 0 Å². The third-order valence-corrected chi connectivity index (χ3v) is 11.4. The molecule has 3 amide bonds. The SMILES string of the molecule is C=CCCC(=O)N[C@@H](COC)[C@@H](OC(=O)[C@@H]1[C@H]2O[C@@]3(CC2Br)[C@H](C(=O)N(CC=C)C(C)(C)CC(C)(C)C)N([C@@H](CC)CO)C(=O)[C@@H]13)c1ccccc1. The molecule has 3 saturated heterocycles. The maximum atomic E-state index is 15.1. The zero-order valence-electron chi connectivity index (χ0n) is 31.8. The van der Waals surface area contributed by atoms with E-state index >= 15 is 4.79 Å². The standard InChI is InChI=1S/C40H58BrN3O8/c1-10-13-19-29(46)42-28(23-50-9)32(25-17-15-14-16-18-25)51-37(49)30-31-35(47)44(26(12-3)22-45)34(40(31)21-27(41)33(30)52-40)36(48)43(20-11-2)39(7,8)24-38(4,5)6/h10-11,14-18,26-28,30-34,45H,1-2,12-13,19-24H2,3-9H3,(H,42,46)/t26-,27?,28-,30-,31+,32-,33-,34-,40+/m0/s1. The average molecular weight is 789 g/mol. The van der Waals surface area contributed by atoms with Crippen LogP contribution in [0.3, 0.4) is 0 Å². The van der Waals surface area contributed by atoms with Crippen molar-refractivity contribution in [1.29, 1.82) is 0 Å². The van der Waals surface area contributed by atoms with Gasteiger partial charge in [-0.2, -0.15) is 0 Å². The topological polar surface area (TPSA) is 135 Å². The van der Waals surface area contributed by atoms with Crippen molar-refractivity contribution in [3.8, 4) is 0 Å². The van der Waals surface area contributed by atoms with E-state index in [-0.39, 0.29) is 48.2 Å². The van der Waals surface area contributed by atoms with Crippen molar-refractivity contribution in [1.82, 2.24) is 15.1 Å². The Kier molecular flexibility index (Phi) is 13.6. The number of carbonyl (C=O) groups is 4. The van der Waals surface area contributed by atoms with Crippen LogP contribution >= 0.6 is 15.9 Å². The molecule has 3 fully saturated rings. The largest absolute Gasteiger partial charge is 0.455 e. The van der Waals surface area contributed by atoms with E-state index in [0.717, 1.165) is 0 Å². The highest BCUT2D eigenvalue weighted by molar-refractivity contribution is 9.09. The molecule has 2 bridgehead atoms. The van der Waals surface area contributed by atoms with Crippen LogP contribution in [0.1, 0.15) is 85.3 Å². The number of rotatable bonds is 18. The van der Waals surface area contributed by atoms with Gasteiger partial charge in [-0.3, -0.25) is 19.2 Å². The molecule has 52 heavy (non-hydrogen) atoms. The lowest BCUT2D eigenvalue weighted by Gasteiger charge is -2.46. The summed E-state index contributed by atoms with van der Waals surface area (Å²) in [5, 5.41) is 13.5. The predicted octanol–water partition coefficient (Wildman–Crippen LogP) is 5.12. The van der Waals surface area contributed by atoms with E-state index in [2.05, 4.69) is 55.2 Å². The number of benzene rings is 1. The first kappa shape index (κ1) is 41.7. The average Bonchev–Trinajstić information content (AvgIpc) is 3.67. The number of methoxy groups -OCH3 is 1. The minimum atomic E-state index is -1.36. The lowest BCUT2D eigenvalue weighted by atomic mass is 9.70. The number of aliphatic hydroxyl groups is 1. The zero-order chi connectivity index (χ0) is 38.6. The zero-order valence-corrected chi connectivity index (χ0v) is 33.4. The maximum absolute atomic E-state index is 15.1. The normalized spacial score (nSPS) is 27.1. The Morgan fingerprint density at radius 2 is 1.85 bits per heavy atom. The highest BCUT2D eigenvalue weighted by Gasteiger charge is 2.78. The van der Waals surface area contributed by atoms with Crippen molar-refractivity contribution in [3.05, 3.63) is 61.2 Å². The van der Waals surface area contributed by atoms with Gasteiger partial charge in [-0.25, -0.2) is 0 Å². The number of ether oxygens (including phenoxy) is 3. The molecule has 1 spiro atoms. The van der Waals surface area contributed by atoms with Crippen molar-refractivity contribution < 1.29 is 38.5 Å². The number of hydrogen-bond donors (Lipinski definition) is 2. The minimum Gasteiger partial charge on any atom is -0.455 e. The molecule has 9 atom stereocenters. The quantitative estimate of drug-likeness (QED) is 0.119. The number of carbonyl (C=O) groups excluding carboxylic acids is 4. The van der Waals surface area contributed by atoms with E-state index in [1.165, 1.54) is 12.0 Å². The number of aliphatic hydroxyl groups excluding tert-OH is 1. The van der Waals surface area contributed by atoms with Crippen LogP contribution in [0.2, 0.25) is 0 Å². The molecule has 1 aromatic carbocycles. The third kappa shape index (κ3) is 8.35. The monoisotopic (exact) mass is 787 g/mol. The van der Waals surface area contributed by atoms with E-state index in [4.69, 9.17) is 14.2 Å². The van der Waals surface area contributed by atoms with Gasteiger partial charge in [-0.05, 0) is 50.5 Å². The van der Waals surface area contributed by atoms with Crippen LogP contribution in [-0.2, 0) is 33.4 Å². The lowest BCUT2D eigenvalue weighted by Crippen LogP contribution is -2.62. The number of alkyl halides is 1. The first-order chi connectivity index (χ1) is 24.5. The van der Waals surface area contributed by atoms with Crippen molar-refractivity contribution in [2.45, 2.75) is 120 Å². The predicted molar refractivity (Wildman–Crippen MR) is 202 cm³/mol. The summed E-state index contributed by atoms with van der Waals surface area (Å²) in [4.78, 5) is 60.3. The Bertz CT molecular complexity index is 1460. The molecule has 2 N–H and O–H groups in total. The smallest absolute Gasteiger partial charge is 0.313 e. The van der Waals surface area contributed by atoms with Gasteiger partial charge in [0.05, 0.1) is 43.2 Å². The fourth-order valence-corrected chi connectivity index (χ4v) is 9.80. The first-order valence-electron chi connectivity index (χ1n) is 18.3. The summed E-state index contributed by atoms with van der Waals surface area (Å²) in [5.74, 6) is -3.76. The van der Waals surface area contributed by atoms with Crippen LogP contribution in [0.25, 0.3) is 0 Å². The highest BCUT2D eigenvalue weighted by Crippen LogP contribution is 2.61. The van der Waals surface area contributed by atoms with Crippen LogP contribution < -0.4 is 5.32 Å². The second kappa shape index (κ2) is 17.0. The molecule has 288 valence electrons. The summed E-state index contributed by atoms with van der Waals surface area (Å²) in [6, 6.07) is 6.55. The summed E-state index contributed by atoms with van der Waals surface area (Å²) < 4.78 is 18.6. The Morgan fingerprint density at radius 1 is 1.17 bits per heavy atom. The van der Waals surface area contributed by atoms with E-state index in [0.29, 0.717) is 31.2 Å². The summed E-state index contributed by atoms with van der Waals surface area (Å²) >= 11 is 3.75. The Hall–Kier alpha value is -3.06. The van der Waals surface area contributed by atoms with Crippen molar-refractivity contribution in [2.75, 3.05) is 26.9 Å². The molecule has 12 heteroatoms. The lowest BCUT2D eigenvalue weighted by molar-refractivity contribution is -0.163. The Balaban J connectivity index is 1.78. The number of esters is 1. The number of halogens is 1. The molecule has 3 heterocycles. The maximum Gasteiger partial charge on any atom is 0.313 e. The molecular formula is C40H58BrN3O8. The van der Waals surface area contributed by atoms with E-state index < -0.39 is 65.2 Å². The molecule has 0 radical (unpaired) electrons. The van der Waals surface area contributed by atoms with Gasteiger partial charge in [0, 0.05) is 30.4 Å². The second-order valence-corrected chi connectivity index (χ2v) is 17.3. The third-order valence-electron chi connectivity index (χ3n) is 10.6. The molecule has 3 aliphatic heterocycles. The summed E-state index contributed by atoms with van der Waals surface area (Å²) in [6.07, 6.45) is 3.65. The van der Waals surface area contributed by atoms with E-state index in [1.807, 2.05) is 39.0 Å².